The number of carbonyl (C=O) groups excluding carboxylic acids is 2. The summed E-state index contributed by atoms with van der Waals surface area (Å²) in [7, 11) is 0. The Morgan fingerprint density at radius 1 is 1.00 bits per heavy atom. The quantitative estimate of drug-likeness (QED) is 0.325. The average Bonchev–Trinajstić information content (AvgIpc) is 2.69. The van der Waals surface area contributed by atoms with Crippen LogP contribution in [0.3, 0.4) is 0 Å². The van der Waals surface area contributed by atoms with Crippen LogP contribution in [-0.2, 0) is 9.59 Å². The van der Waals surface area contributed by atoms with E-state index in [0.717, 1.165) is 5.56 Å². The number of amides is 2. The maximum Gasteiger partial charge on any atom is 0.329 e. The third-order valence-electron chi connectivity index (χ3n) is 3.26. The molecule has 0 aliphatic rings. The smallest absolute Gasteiger partial charge is 0.329 e. The molecule has 2 amide bonds. The highest BCUT2D eigenvalue weighted by atomic mass is 16.5. The summed E-state index contributed by atoms with van der Waals surface area (Å²) in [6.07, 6.45) is 3.09. The van der Waals surface area contributed by atoms with Crippen LogP contribution in [0.2, 0.25) is 0 Å². The molecule has 0 saturated carbocycles. The summed E-state index contributed by atoms with van der Waals surface area (Å²) in [5, 5.41) is 6.25. The van der Waals surface area contributed by atoms with Gasteiger partial charge in [0, 0.05) is 5.69 Å². The predicted octanol–water partition coefficient (Wildman–Crippen LogP) is 2.74. The van der Waals surface area contributed by atoms with Crippen molar-refractivity contribution in [2.24, 2.45) is 5.10 Å². The third-order valence-corrected chi connectivity index (χ3v) is 3.26. The summed E-state index contributed by atoms with van der Waals surface area (Å²) < 4.78 is 10.7. The van der Waals surface area contributed by atoms with Gasteiger partial charge in [-0.05, 0) is 61.0 Å². The van der Waals surface area contributed by atoms with Crippen LogP contribution in [0.15, 0.2) is 66.3 Å². The topological polar surface area (TPSA) is 89.0 Å². The van der Waals surface area contributed by atoms with Crippen molar-refractivity contribution in [3.05, 3.63) is 66.7 Å². The van der Waals surface area contributed by atoms with Crippen molar-refractivity contribution in [2.75, 3.05) is 18.5 Å². The number of nitrogens with one attached hydrogen (secondary N) is 2. The summed E-state index contributed by atoms with van der Waals surface area (Å²) in [5.74, 6) is -0.299. The first-order chi connectivity index (χ1) is 13.1. The van der Waals surface area contributed by atoms with Gasteiger partial charge in [-0.3, -0.25) is 9.59 Å². The molecule has 0 aliphatic heterocycles. The Balaban J connectivity index is 1.82. The van der Waals surface area contributed by atoms with E-state index in [4.69, 9.17) is 9.47 Å². The second-order valence-electron chi connectivity index (χ2n) is 5.28. The zero-order valence-electron chi connectivity index (χ0n) is 15.0. The van der Waals surface area contributed by atoms with Crippen molar-refractivity contribution in [3.8, 4) is 11.5 Å². The first kappa shape index (κ1) is 19.7. The second kappa shape index (κ2) is 10.4. The maximum absolute atomic E-state index is 11.9. The molecule has 2 N–H and O–H groups in total. The van der Waals surface area contributed by atoms with Crippen LogP contribution in [0.25, 0.3) is 0 Å². The highest BCUT2D eigenvalue weighted by Gasteiger charge is 2.12. The summed E-state index contributed by atoms with van der Waals surface area (Å²) in [4.78, 5) is 23.6. The molecule has 0 atom stereocenters. The van der Waals surface area contributed by atoms with Gasteiger partial charge in [-0.25, -0.2) is 5.43 Å². The summed E-state index contributed by atoms with van der Waals surface area (Å²) >= 11 is 0. The van der Waals surface area contributed by atoms with Gasteiger partial charge in [0.05, 0.1) is 12.8 Å². The molecule has 27 heavy (non-hydrogen) atoms. The number of hydrogen-bond acceptors (Lipinski definition) is 5. The van der Waals surface area contributed by atoms with Crippen molar-refractivity contribution in [2.45, 2.75) is 6.92 Å². The van der Waals surface area contributed by atoms with Gasteiger partial charge in [0.25, 0.3) is 0 Å². The summed E-state index contributed by atoms with van der Waals surface area (Å²) in [5.41, 5.74) is 3.41. The van der Waals surface area contributed by atoms with E-state index in [1.807, 2.05) is 6.92 Å². The second-order valence-corrected chi connectivity index (χ2v) is 5.28. The molecule has 0 heterocycles. The molecule has 140 valence electrons. The number of nitrogens with zero attached hydrogens (tertiary/aromatic N) is 1. The molecule has 2 rings (SSSR count). The third kappa shape index (κ3) is 6.66. The monoisotopic (exact) mass is 367 g/mol. The molecule has 0 aromatic heterocycles. The zero-order valence-corrected chi connectivity index (χ0v) is 15.0. The summed E-state index contributed by atoms with van der Waals surface area (Å²) in [6.45, 7) is 6.43. The van der Waals surface area contributed by atoms with Gasteiger partial charge in [-0.1, -0.05) is 12.7 Å². The minimum atomic E-state index is -0.869. The molecular formula is C20H21N3O4. The largest absolute Gasteiger partial charge is 0.494 e. The predicted molar refractivity (Wildman–Crippen MR) is 104 cm³/mol. The molecule has 0 unspecified atom stereocenters. The van der Waals surface area contributed by atoms with Crippen LogP contribution in [0.1, 0.15) is 12.5 Å². The Labute approximate surface area is 157 Å². The fourth-order valence-electron chi connectivity index (χ4n) is 2.01. The molecule has 0 radical (unpaired) electrons. The normalized spacial score (nSPS) is 10.3. The number of carbonyl (C=O) groups is 2. The lowest BCUT2D eigenvalue weighted by molar-refractivity contribution is -0.136. The Hall–Kier alpha value is -3.61. The zero-order chi connectivity index (χ0) is 19.5. The van der Waals surface area contributed by atoms with E-state index in [1.165, 1.54) is 6.21 Å². The van der Waals surface area contributed by atoms with E-state index in [0.29, 0.717) is 30.4 Å². The average molecular weight is 367 g/mol. The molecule has 0 aliphatic carbocycles. The van der Waals surface area contributed by atoms with Gasteiger partial charge in [0.15, 0.2) is 0 Å². The number of rotatable bonds is 8. The van der Waals surface area contributed by atoms with Crippen molar-refractivity contribution < 1.29 is 19.1 Å². The molecule has 0 bridgehead atoms. The molecule has 2 aromatic carbocycles. The Morgan fingerprint density at radius 2 is 1.63 bits per heavy atom. The molecular weight excluding hydrogens is 346 g/mol. The van der Waals surface area contributed by atoms with Crippen molar-refractivity contribution >= 4 is 23.7 Å². The molecule has 7 nitrogen and oxygen atoms in total. The van der Waals surface area contributed by atoms with E-state index in [1.54, 1.807) is 54.6 Å². The Bertz CT molecular complexity index is 799. The van der Waals surface area contributed by atoms with Gasteiger partial charge >= 0.3 is 11.8 Å². The van der Waals surface area contributed by atoms with Crippen molar-refractivity contribution in [1.82, 2.24) is 5.43 Å². The number of hydrogen-bond donors (Lipinski definition) is 2. The van der Waals surface area contributed by atoms with Crippen LogP contribution >= 0.6 is 0 Å². The van der Waals surface area contributed by atoms with Crippen LogP contribution in [0.5, 0.6) is 11.5 Å². The van der Waals surface area contributed by atoms with Gasteiger partial charge in [-0.15, -0.1) is 0 Å². The number of ether oxygens (including phenoxy) is 2. The minimum Gasteiger partial charge on any atom is -0.494 e. The molecule has 7 heteroatoms. The SMILES string of the molecule is C=CCOc1ccc(/C=N\NC(=O)C(=O)Nc2ccc(OCC)cc2)cc1. The van der Waals surface area contributed by atoms with Gasteiger partial charge in [-0.2, -0.15) is 5.10 Å². The van der Waals surface area contributed by atoms with Crippen molar-refractivity contribution in [3.63, 3.8) is 0 Å². The number of hydrazone groups is 1. The molecule has 0 fully saturated rings. The highest BCUT2D eigenvalue weighted by molar-refractivity contribution is 6.39. The molecule has 0 spiro atoms. The Morgan fingerprint density at radius 3 is 2.26 bits per heavy atom. The number of anilines is 1. The lowest BCUT2D eigenvalue weighted by Gasteiger charge is -2.06. The fraction of sp³-hybridized carbons (Fsp3) is 0.150. The van der Waals surface area contributed by atoms with Gasteiger partial charge < -0.3 is 14.8 Å². The van der Waals surface area contributed by atoms with Crippen LogP contribution in [-0.4, -0.2) is 31.2 Å². The first-order valence-corrected chi connectivity index (χ1v) is 8.33. The lowest BCUT2D eigenvalue weighted by Crippen LogP contribution is -2.32. The maximum atomic E-state index is 11.9. The van der Waals surface area contributed by atoms with Gasteiger partial charge in [0.1, 0.15) is 18.1 Å². The van der Waals surface area contributed by atoms with Crippen LogP contribution in [0, 0.1) is 0 Å². The highest BCUT2D eigenvalue weighted by Crippen LogP contribution is 2.15. The van der Waals surface area contributed by atoms with Crippen LogP contribution < -0.4 is 20.2 Å². The lowest BCUT2D eigenvalue weighted by atomic mass is 10.2. The van der Waals surface area contributed by atoms with Crippen LogP contribution in [0.4, 0.5) is 5.69 Å². The fourth-order valence-corrected chi connectivity index (χ4v) is 2.01. The number of benzene rings is 2. The Kier molecular flexibility index (Phi) is 7.59. The van der Waals surface area contributed by atoms with E-state index >= 15 is 0 Å². The molecule has 0 saturated heterocycles. The summed E-state index contributed by atoms with van der Waals surface area (Å²) in [6, 6.07) is 13.8. The van der Waals surface area contributed by atoms with E-state index in [-0.39, 0.29) is 0 Å². The van der Waals surface area contributed by atoms with E-state index in [9.17, 15) is 9.59 Å². The van der Waals surface area contributed by atoms with E-state index in [2.05, 4.69) is 22.4 Å². The van der Waals surface area contributed by atoms with Gasteiger partial charge in [0.2, 0.25) is 0 Å². The van der Waals surface area contributed by atoms with Crippen molar-refractivity contribution in [1.29, 1.82) is 0 Å². The first-order valence-electron chi connectivity index (χ1n) is 8.33. The molecule has 2 aromatic rings. The van der Waals surface area contributed by atoms with E-state index < -0.39 is 11.8 Å². The minimum absolute atomic E-state index is 0.424. The standard InChI is InChI=1S/C20H21N3O4/c1-3-13-27-18-9-5-15(6-10-18)14-21-23-20(25)19(24)22-16-7-11-17(12-8-16)26-4-2/h3,5-12,14H,1,4,13H2,2H3,(H,22,24)(H,23,25)/b21-14-.